The number of H-pyrrole nitrogens is 1. The van der Waals surface area contributed by atoms with Gasteiger partial charge in [0.15, 0.2) is 11.8 Å². The highest BCUT2D eigenvalue weighted by Gasteiger charge is 2.56. The number of ether oxygens (including phenoxy) is 1. The van der Waals surface area contributed by atoms with E-state index in [0.717, 1.165) is 4.57 Å². The zero-order chi connectivity index (χ0) is 21.6. The highest BCUT2D eigenvalue weighted by Crippen LogP contribution is 2.45. The van der Waals surface area contributed by atoms with Gasteiger partial charge in [0.25, 0.3) is 0 Å². The number of nitrogens with one attached hydrogen (secondary N) is 2. The third-order valence-electron chi connectivity index (χ3n) is 4.69. The number of aliphatic hydroxyl groups is 2. The van der Waals surface area contributed by atoms with Crippen LogP contribution in [0.1, 0.15) is 11.8 Å². The van der Waals surface area contributed by atoms with E-state index in [1.165, 1.54) is 34.9 Å². The van der Waals surface area contributed by atoms with Gasteiger partial charge in [0.2, 0.25) is 3.68 Å². The number of benzene rings is 1. The van der Waals surface area contributed by atoms with E-state index in [2.05, 4.69) is 21.9 Å². The molecule has 0 spiro atoms. The second kappa shape index (κ2) is 7.61. The second-order valence-corrected chi connectivity index (χ2v) is 8.31. The topological polar surface area (TPSA) is 143 Å². The lowest BCUT2D eigenvalue weighted by Gasteiger charge is -2.23. The van der Waals surface area contributed by atoms with Crippen molar-refractivity contribution in [1.29, 1.82) is 0 Å². The van der Waals surface area contributed by atoms with E-state index < -0.39 is 40.2 Å². The Morgan fingerprint density at radius 2 is 2.20 bits per heavy atom. The smallest absolute Gasteiger partial charge is 0.408 e. The van der Waals surface area contributed by atoms with Crippen molar-refractivity contribution in [3.63, 3.8) is 0 Å². The van der Waals surface area contributed by atoms with Crippen LogP contribution in [0.4, 0.5) is 10.2 Å². The number of rotatable bonds is 5. The summed E-state index contributed by atoms with van der Waals surface area (Å²) in [6.07, 6.45) is -2.96. The van der Waals surface area contributed by atoms with Gasteiger partial charge in [-0.25, -0.2) is 14.0 Å². The Kier molecular flexibility index (Phi) is 5.25. The van der Waals surface area contributed by atoms with Crippen molar-refractivity contribution in [2.24, 2.45) is 0 Å². The Morgan fingerprint density at radius 3 is 2.87 bits per heavy atom. The first kappa shape index (κ1) is 20.7. The molecule has 1 saturated heterocycles. The number of nitrogens with zero attached hydrogens (tertiary/aromatic N) is 2. The number of fused-ring (bicyclic) bond motifs is 1. The first-order valence-corrected chi connectivity index (χ1v) is 9.79. The van der Waals surface area contributed by atoms with Crippen LogP contribution in [0.15, 0.2) is 51.0 Å². The van der Waals surface area contributed by atoms with Crippen molar-refractivity contribution < 1.29 is 23.8 Å². The molecule has 30 heavy (non-hydrogen) atoms. The van der Waals surface area contributed by atoms with Gasteiger partial charge in [-0.05, 0) is 40.8 Å². The molecule has 0 aliphatic carbocycles. The van der Waals surface area contributed by atoms with E-state index in [-0.39, 0.29) is 5.82 Å². The molecule has 1 aromatic carbocycles. The lowest BCUT2D eigenvalue weighted by Crippen LogP contribution is -2.40. The SMILES string of the molecule is C=C(Nc1ccn(C2O[C@H](CO)[C@@H](O)C2(F)I)c(=O)n1)c1ccc2[nH]c(=O)oc2c1. The van der Waals surface area contributed by atoms with Crippen LogP contribution in [-0.4, -0.2) is 47.2 Å². The molecule has 0 amide bonds. The van der Waals surface area contributed by atoms with E-state index >= 15 is 0 Å². The highest BCUT2D eigenvalue weighted by atomic mass is 127. The third-order valence-corrected chi connectivity index (χ3v) is 5.86. The molecule has 0 saturated carbocycles. The summed E-state index contributed by atoms with van der Waals surface area (Å²) < 4.78 is 23.8. The third kappa shape index (κ3) is 3.55. The van der Waals surface area contributed by atoms with Crippen molar-refractivity contribution in [2.75, 3.05) is 11.9 Å². The number of aromatic amines is 1. The van der Waals surface area contributed by atoms with Crippen molar-refractivity contribution in [3.8, 4) is 0 Å². The van der Waals surface area contributed by atoms with Crippen LogP contribution in [0.3, 0.4) is 0 Å². The summed E-state index contributed by atoms with van der Waals surface area (Å²) in [5, 5.41) is 22.0. The molecular weight excluding hydrogens is 514 g/mol. The predicted molar refractivity (Wildman–Crippen MR) is 113 cm³/mol. The summed E-state index contributed by atoms with van der Waals surface area (Å²) in [5.74, 6) is -0.431. The van der Waals surface area contributed by atoms with Gasteiger partial charge in [-0.15, -0.1) is 0 Å². The minimum absolute atomic E-state index is 0.145. The van der Waals surface area contributed by atoms with Crippen molar-refractivity contribution in [2.45, 2.75) is 22.1 Å². The van der Waals surface area contributed by atoms with Crippen molar-refractivity contribution in [3.05, 3.63) is 63.6 Å². The number of alkyl halides is 2. The number of hydrogen-bond donors (Lipinski definition) is 4. The number of aromatic nitrogens is 3. The molecular formula is C18H16FIN4O6. The van der Waals surface area contributed by atoms with Gasteiger partial charge < -0.3 is 24.7 Å². The highest BCUT2D eigenvalue weighted by molar-refractivity contribution is 14.1. The first-order valence-electron chi connectivity index (χ1n) is 8.71. The van der Waals surface area contributed by atoms with Gasteiger partial charge in [0, 0.05) is 17.5 Å². The number of hydrogen-bond acceptors (Lipinski definition) is 8. The van der Waals surface area contributed by atoms with Gasteiger partial charge in [0.05, 0.1) is 12.1 Å². The lowest BCUT2D eigenvalue weighted by atomic mass is 10.1. The maximum Gasteiger partial charge on any atom is 0.417 e. The molecule has 0 bridgehead atoms. The molecule has 10 nitrogen and oxygen atoms in total. The molecule has 0 radical (unpaired) electrons. The van der Waals surface area contributed by atoms with Crippen LogP contribution in [0.5, 0.6) is 0 Å². The standard InChI is InChI=1S/C18H16FIN4O6/c1-8(9-2-3-10-11(6-9)30-17(28)22-10)21-13-4-5-24(16(27)23-13)15-18(19,20)14(26)12(7-25)29-15/h2-6,12,14-15,25-26H,1,7H2,(H,22,28)(H,21,23,27)/t12-,14-,15?,18?/m1/s1. The predicted octanol–water partition coefficient (Wildman–Crippen LogP) is 1.11. The van der Waals surface area contributed by atoms with Crippen LogP contribution < -0.4 is 16.8 Å². The molecule has 158 valence electrons. The van der Waals surface area contributed by atoms with Gasteiger partial charge in [-0.3, -0.25) is 9.55 Å². The zero-order valence-corrected chi connectivity index (χ0v) is 17.4. The molecule has 2 unspecified atom stereocenters. The van der Waals surface area contributed by atoms with E-state index in [1.807, 2.05) is 0 Å². The lowest BCUT2D eigenvalue weighted by molar-refractivity contribution is -0.0499. The largest absolute Gasteiger partial charge is 0.417 e. The van der Waals surface area contributed by atoms with E-state index in [4.69, 9.17) is 9.15 Å². The Labute approximate surface area is 181 Å². The minimum atomic E-state index is -2.33. The van der Waals surface area contributed by atoms with Gasteiger partial charge in [0.1, 0.15) is 18.0 Å². The number of oxazole rings is 1. The van der Waals surface area contributed by atoms with E-state index in [9.17, 15) is 24.2 Å². The molecule has 12 heteroatoms. The summed E-state index contributed by atoms with van der Waals surface area (Å²) >= 11 is 1.35. The van der Waals surface area contributed by atoms with Crippen LogP contribution >= 0.6 is 22.6 Å². The summed E-state index contributed by atoms with van der Waals surface area (Å²) in [6, 6.07) is 6.35. The van der Waals surface area contributed by atoms with Crippen molar-refractivity contribution >= 4 is 45.2 Å². The van der Waals surface area contributed by atoms with Gasteiger partial charge in [-0.2, -0.15) is 4.98 Å². The number of anilines is 1. The Balaban J connectivity index is 1.56. The average Bonchev–Trinajstić information content (AvgIpc) is 3.18. The fraction of sp³-hybridized carbons (Fsp3) is 0.278. The molecule has 4 atom stereocenters. The molecule has 4 rings (SSSR count). The van der Waals surface area contributed by atoms with Crippen LogP contribution in [0, 0.1) is 0 Å². The molecule has 1 fully saturated rings. The van der Waals surface area contributed by atoms with Crippen LogP contribution in [0.25, 0.3) is 16.8 Å². The van der Waals surface area contributed by atoms with Gasteiger partial charge >= 0.3 is 11.4 Å². The normalized spacial score (nSPS) is 26.2. The Hall–Kier alpha value is -2.55. The fourth-order valence-electron chi connectivity index (χ4n) is 3.14. The average molecular weight is 530 g/mol. The number of halogens is 2. The maximum absolute atomic E-state index is 14.9. The quantitative estimate of drug-likeness (QED) is 0.284. The summed E-state index contributed by atoms with van der Waals surface area (Å²) in [5.41, 5.74) is 1.03. The fourth-order valence-corrected chi connectivity index (χ4v) is 3.99. The maximum atomic E-state index is 14.9. The summed E-state index contributed by atoms with van der Waals surface area (Å²) in [7, 11) is 0. The van der Waals surface area contributed by atoms with E-state index in [1.54, 1.807) is 18.2 Å². The molecule has 3 aromatic rings. The second-order valence-electron chi connectivity index (χ2n) is 6.66. The van der Waals surface area contributed by atoms with E-state index in [0.29, 0.717) is 22.4 Å². The Morgan fingerprint density at radius 1 is 1.43 bits per heavy atom. The molecule has 1 aliphatic rings. The summed E-state index contributed by atoms with van der Waals surface area (Å²) in [4.78, 5) is 30.1. The first-order chi connectivity index (χ1) is 14.2. The summed E-state index contributed by atoms with van der Waals surface area (Å²) in [6.45, 7) is 3.28. The zero-order valence-electron chi connectivity index (χ0n) is 15.2. The van der Waals surface area contributed by atoms with Crippen molar-refractivity contribution in [1.82, 2.24) is 14.5 Å². The minimum Gasteiger partial charge on any atom is -0.408 e. The van der Waals surface area contributed by atoms with Gasteiger partial charge in [-0.1, -0.05) is 12.6 Å². The molecule has 1 aliphatic heterocycles. The molecule has 4 N–H and O–H groups in total. The number of aliphatic hydroxyl groups excluding tert-OH is 2. The molecule has 2 aromatic heterocycles. The van der Waals surface area contributed by atoms with Crippen LogP contribution in [0.2, 0.25) is 0 Å². The Bertz CT molecular complexity index is 1240. The monoisotopic (exact) mass is 530 g/mol. The molecule has 3 heterocycles. The van der Waals surface area contributed by atoms with Crippen LogP contribution in [-0.2, 0) is 4.74 Å².